The molecule has 0 fully saturated rings. The quantitative estimate of drug-likeness (QED) is 0.792. The van der Waals surface area contributed by atoms with Crippen LogP contribution in [0.4, 0.5) is 8.78 Å². The van der Waals surface area contributed by atoms with E-state index in [1.807, 2.05) is 31.2 Å². The van der Waals surface area contributed by atoms with Crippen LogP contribution >= 0.6 is 24.2 Å². The molecule has 0 unspecified atom stereocenters. The fourth-order valence-electron chi connectivity index (χ4n) is 1.21. The van der Waals surface area contributed by atoms with Gasteiger partial charge in [-0.2, -0.15) is 0 Å². The Balaban J connectivity index is 0.00000324. The predicted octanol–water partition coefficient (Wildman–Crippen LogP) is 2.22. The van der Waals surface area contributed by atoms with Crippen LogP contribution < -0.4 is 11.1 Å². The molecule has 19 heavy (non-hydrogen) atoms. The molecular weight excluding hydrogens is 294 g/mol. The van der Waals surface area contributed by atoms with Gasteiger partial charge < -0.3 is 11.1 Å². The molecule has 0 spiro atoms. The molecule has 0 saturated carbocycles. The van der Waals surface area contributed by atoms with E-state index in [1.54, 1.807) is 0 Å². The van der Waals surface area contributed by atoms with Gasteiger partial charge in [-0.25, -0.2) is 8.78 Å². The van der Waals surface area contributed by atoms with Crippen LogP contribution in [0.3, 0.4) is 0 Å². The molecule has 0 bridgehead atoms. The molecule has 7 heteroatoms. The monoisotopic (exact) mass is 310 g/mol. The first-order valence-electron chi connectivity index (χ1n) is 5.47. The van der Waals surface area contributed by atoms with E-state index in [0.29, 0.717) is 0 Å². The van der Waals surface area contributed by atoms with Crippen LogP contribution in [-0.2, 0) is 4.79 Å². The van der Waals surface area contributed by atoms with E-state index in [-0.39, 0.29) is 18.2 Å². The van der Waals surface area contributed by atoms with Gasteiger partial charge in [-0.1, -0.05) is 18.2 Å². The van der Waals surface area contributed by atoms with Gasteiger partial charge >= 0.3 is 0 Å². The Morgan fingerprint density at radius 1 is 1.42 bits per heavy atom. The van der Waals surface area contributed by atoms with Crippen molar-refractivity contribution in [1.29, 1.82) is 0 Å². The van der Waals surface area contributed by atoms with Gasteiger partial charge in [0.1, 0.15) is 0 Å². The van der Waals surface area contributed by atoms with E-state index in [2.05, 4.69) is 5.32 Å². The maximum Gasteiger partial charge on any atom is 0.277 e. The number of hydrogen-bond donors (Lipinski definition) is 2. The van der Waals surface area contributed by atoms with Crippen molar-refractivity contribution in [2.45, 2.75) is 17.7 Å². The number of hydrogen-bond acceptors (Lipinski definition) is 3. The molecule has 0 aliphatic carbocycles. The Hall–Kier alpha value is -0.850. The number of halogens is 3. The molecule has 0 aliphatic rings. The second-order valence-corrected chi connectivity index (χ2v) is 4.91. The number of nitrogens with one attached hydrogen (secondary N) is 1. The molecule has 0 heterocycles. The fraction of sp³-hybridized carbons (Fsp3) is 0.417. The largest absolute Gasteiger partial charge is 0.349 e. The zero-order valence-corrected chi connectivity index (χ0v) is 12.1. The summed E-state index contributed by atoms with van der Waals surface area (Å²) in [6.07, 6.45) is 0. The van der Waals surface area contributed by atoms with E-state index >= 15 is 0 Å². The van der Waals surface area contributed by atoms with Gasteiger partial charge in [-0.15, -0.1) is 24.2 Å². The lowest BCUT2D eigenvalue weighted by atomic mass is 10.2. The molecule has 0 radical (unpaired) electrons. The van der Waals surface area contributed by atoms with Crippen LogP contribution in [0.1, 0.15) is 5.56 Å². The molecule has 1 aromatic rings. The Bertz CT molecular complexity index is 418. The number of alkyl halides is 2. The molecule has 108 valence electrons. The Morgan fingerprint density at radius 2 is 2.05 bits per heavy atom. The van der Waals surface area contributed by atoms with Crippen LogP contribution in [0.5, 0.6) is 0 Å². The third-order valence-corrected chi connectivity index (χ3v) is 3.47. The molecule has 3 N–H and O–H groups in total. The van der Waals surface area contributed by atoms with Crippen molar-refractivity contribution in [3.63, 3.8) is 0 Å². The van der Waals surface area contributed by atoms with Gasteiger partial charge in [0, 0.05) is 4.90 Å². The summed E-state index contributed by atoms with van der Waals surface area (Å²) in [5, 5.41) is 2.17. The molecule has 0 atom stereocenters. The lowest BCUT2D eigenvalue weighted by Gasteiger charge is -2.14. The number of aryl methyl sites for hydroxylation is 1. The van der Waals surface area contributed by atoms with Crippen LogP contribution in [0.15, 0.2) is 29.2 Å². The van der Waals surface area contributed by atoms with Crippen molar-refractivity contribution in [1.82, 2.24) is 5.32 Å². The average molecular weight is 311 g/mol. The molecule has 1 amide bonds. The molecule has 0 aliphatic heterocycles. The Labute approximate surface area is 121 Å². The molecule has 1 aromatic carbocycles. The number of amides is 1. The van der Waals surface area contributed by atoms with Crippen molar-refractivity contribution in [3.05, 3.63) is 29.8 Å². The van der Waals surface area contributed by atoms with Crippen molar-refractivity contribution in [2.75, 3.05) is 18.8 Å². The first kappa shape index (κ1) is 18.1. The third-order valence-electron chi connectivity index (χ3n) is 2.30. The van der Waals surface area contributed by atoms with Gasteiger partial charge in [0.2, 0.25) is 5.91 Å². The van der Waals surface area contributed by atoms with Crippen molar-refractivity contribution in [3.8, 4) is 0 Å². The molecular formula is C12H17ClF2N2OS. The maximum atomic E-state index is 12.8. The number of carbonyl (C=O) groups is 1. The van der Waals surface area contributed by atoms with Crippen molar-refractivity contribution in [2.24, 2.45) is 5.73 Å². The second-order valence-electron chi connectivity index (χ2n) is 3.89. The molecule has 0 saturated heterocycles. The van der Waals surface area contributed by atoms with Crippen molar-refractivity contribution >= 4 is 30.1 Å². The SMILES string of the molecule is Cc1ccccc1SCC(=O)NCC(F)(F)CN.Cl. The van der Waals surface area contributed by atoms with Crippen LogP contribution in [0.25, 0.3) is 0 Å². The molecule has 3 nitrogen and oxygen atoms in total. The minimum atomic E-state index is -3.04. The second kappa shape index (κ2) is 8.35. The summed E-state index contributed by atoms with van der Waals surface area (Å²) < 4.78 is 25.6. The highest BCUT2D eigenvalue weighted by molar-refractivity contribution is 8.00. The first-order chi connectivity index (χ1) is 8.44. The lowest BCUT2D eigenvalue weighted by Crippen LogP contribution is -2.42. The summed E-state index contributed by atoms with van der Waals surface area (Å²) in [5.74, 6) is -3.34. The lowest BCUT2D eigenvalue weighted by molar-refractivity contribution is -0.120. The Kier molecular flexibility index (Phi) is 7.97. The van der Waals surface area contributed by atoms with Crippen LogP contribution in [-0.4, -0.2) is 30.7 Å². The highest BCUT2D eigenvalue weighted by Crippen LogP contribution is 2.21. The van der Waals surface area contributed by atoms with Gasteiger partial charge in [0.25, 0.3) is 5.92 Å². The number of nitrogens with two attached hydrogens (primary N) is 1. The number of benzene rings is 1. The first-order valence-corrected chi connectivity index (χ1v) is 6.46. The molecule has 1 rings (SSSR count). The van der Waals surface area contributed by atoms with E-state index in [1.165, 1.54) is 11.8 Å². The van der Waals surface area contributed by atoms with E-state index < -0.39 is 24.9 Å². The van der Waals surface area contributed by atoms with Gasteiger partial charge in [0.15, 0.2) is 0 Å². The van der Waals surface area contributed by atoms with Gasteiger partial charge in [-0.05, 0) is 18.6 Å². The normalized spacial score (nSPS) is 10.7. The zero-order valence-electron chi connectivity index (χ0n) is 10.5. The summed E-state index contributed by atoms with van der Waals surface area (Å²) >= 11 is 1.33. The number of rotatable bonds is 6. The minimum Gasteiger partial charge on any atom is -0.349 e. The standard InChI is InChI=1S/C12H16F2N2OS.ClH/c1-9-4-2-3-5-10(9)18-6-11(17)16-8-12(13,14)7-15;/h2-5H,6-8,15H2,1H3,(H,16,17);1H. The van der Waals surface area contributed by atoms with Crippen LogP contribution in [0, 0.1) is 6.92 Å². The summed E-state index contributed by atoms with van der Waals surface area (Å²) in [6, 6.07) is 7.60. The number of carbonyl (C=O) groups excluding carboxylic acids is 1. The van der Waals surface area contributed by atoms with E-state index in [9.17, 15) is 13.6 Å². The Morgan fingerprint density at radius 3 is 2.63 bits per heavy atom. The summed E-state index contributed by atoms with van der Waals surface area (Å²) in [4.78, 5) is 12.4. The fourth-order valence-corrected chi connectivity index (χ4v) is 2.07. The predicted molar refractivity (Wildman–Crippen MR) is 76.2 cm³/mol. The summed E-state index contributed by atoms with van der Waals surface area (Å²) in [6.45, 7) is 0.456. The zero-order chi connectivity index (χ0) is 13.6. The van der Waals surface area contributed by atoms with Crippen LogP contribution in [0.2, 0.25) is 0 Å². The number of thioether (sulfide) groups is 1. The van der Waals surface area contributed by atoms with Gasteiger partial charge in [0.05, 0.1) is 18.8 Å². The topological polar surface area (TPSA) is 55.1 Å². The minimum absolute atomic E-state index is 0. The summed E-state index contributed by atoms with van der Waals surface area (Å²) in [7, 11) is 0. The van der Waals surface area contributed by atoms with Crippen molar-refractivity contribution < 1.29 is 13.6 Å². The highest BCUT2D eigenvalue weighted by Gasteiger charge is 2.26. The summed E-state index contributed by atoms with van der Waals surface area (Å²) in [5.41, 5.74) is 5.93. The van der Waals surface area contributed by atoms with E-state index in [0.717, 1.165) is 10.5 Å². The smallest absolute Gasteiger partial charge is 0.277 e. The molecule has 0 aromatic heterocycles. The van der Waals surface area contributed by atoms with Gasteiger partial charge in [-0.3, -0.25) is 4.79 Å². The average Bonchev–Trinajstić information content (AvgIpc) is 2.35. The maximum absolute atomic E-state index is 12.8. The third kappa shape index (κ3) is 6.75. The highest BCUT2D eigenvalue weighted by atomic mass is 35.5. The van der Waals surface area contributed by atoms with E-state index in [4.69, 9.17) is 5.73 Å².